The highest BCUT2D eigenvalue weighted by Gasteiger charge is 2.33. The minimum atomic E-state index is 0.0918. The Kier molecular flexibility index (Phi) is 4.41. The van der Waals surface area contributed by atoms with Crippen LogP contribution < -0.4 is 5.32 Å². The molecule has 1 unspecified atom stereocenters. The number of carbonyl (C=O) groups excluding carboxylic acids is 1. The molecular formula is C22H23NO2. The first kappa shape index (κ1) is 16.1. The Morgan fingerprint density at radius 1 is 1.28 bits per heavy atom. The Morgan fingerprint density at radius 3 is 2.92 bits per heavy atom. The van der Waals surface area contributed by atoms with E-state index in [-0.39, 0.29) is 12.0 Å². The van der Waals surface area contributed by atoms with Gasteiger partial charge in [-0.15, -0.1) is 0 Å². The number of allylic oxidation sites excluding steroid dienone is 3. The predicted molar refractivity (Wildman–Crippen MR) is 99.9 cm³/mol. The van der Waals surface area contributed by atoms with Crippen molar-refractivity contribution in [1.29, 1.82) is 0 Å². The Labute approximate surface area is 148 Å². The molecule has 1 amide bonds. The van der Waals surface area contributed by atoms with Gasteiger partial charge in [0.25, 0.3) is 0 Å². The van der Waals surface area contributed by atoms with Gasteiger partial charge in [-0.2, -0.15) is 0 Å². The number of rotatable bonds is 5. The maximum atomic E-state index is 11.6. The van der Waals surface area contributed by atoms with Crippen molar-refractivity contribution in [3.05, 3.63) is 76.4 Å². The maximum Gasteiger partial charge on any atom is 0.219 e. The fourth-order valence-corrected chi connectivity index (χ4v) is 3.93. The second kappa shape index (κ2) is 6.85. The minimum absolute atomic E-state index is 0.0918. The van der Waals surface area contributed by atoms with Gasteiger partial charge in [-0.1, -0.05) is 55.5 Å². The molecule has 0 spiro atoms. The third-order valence-electron chi connectivity index (χ3n) is 5.14. The van der Waals surface area contributed by atoms with Crippen LogP contribution in [0.5, 0.6) is 0 Å². The molecule has 25 heavy (non-hydrogen) atoms. The molecule has 0 saturated heterocycles. The van der Waals surface area contributed by atoms with Crippen LogP contribution in [0, 0.1) is 0 Å². The van der Waals surface area contributed by atoms with Crippen molar-refractivity contribution >= 4 is 11.5 Å². The zero-order valence-electron chi connectivity index (χ0n) is 14.5. The third-order valence-corrected chi connectivity index (χ3v) is 5.14. The molecule has 0 bridgehead atoms. The zero-order chi connectivity index (χ0) is 17.2. The monoisotopic (exact) mass is 333 g/mol. The van der Waals surface area contributed by atoms with E-state index in [0.717, 1.165) is 12.8 Å². The molecule has 0 saturated carbocycles. The van der Waals surface area contributed by atoms with Crippen LogP contribution in [0.15, 0.2) is 70.9 Å². The van der Waals surface area contributed by atoms with Crippen LogP contribution in [0.4, 0.5) is 0 Å². The fraction of sp³-hybridized carbons (Fsp3) is 0.318. The summed E-state index contributed by atoms with van der Waals surface area (Å²) in [5.74, 6) is 0.110. The van der Waals surface area contributed by atoms with E-state index in [1.54, 1.807) is 0 Å². The molecule has 1 atom stereocenters. The number of nitrogens with one attached hydrogen (secondary N) is 1. The predicted octanol–water partition coefficient (Wildman–Crippen LogP) is 3.95. The van der Waals surface area contributed by atoms with Gasteiger partial charge in [-0.05, 0) is 46.3 Å². The summed E-state index contributed by atoms with van der Waals surface area (Å²) in [5, 5.41) is 3.02. The molecule has 3 aliphatic rings. The summed E-state index contributed by atoms with van der Waals surface area (Å²) in [4.78, 5) is 11.6. The second-order valence-electron chi connectivity index (χ2n) is 6.63. The number of hydrogen-bond donors (Lipinski definition) is 1. The molecule has 1 aromatic rings. The average Bonchev–Trinajstić information content (AvgIpc) is 3.26. The molecule has 128 valence electrons. The summed E-state index contributed by atoms with van der Waals surface area (Å²) in [6.07, 6.45) is 9.04. The van der Waals surface area contributed by atoms with Crippen LogP contribution in [0.2, 0.25) is 0 Å². The summed E-state index contributed by atoms with van der Waals surface area (Å²) >= 11 is 0. The van der Waals surface area contributed by atoms with Crippen molar-refractivity contribution < 1.29 is 9.53 Å². The molecule has 1 N–H and O–H groups in total. The molecule has 1 heterocycles. The van der Waals surface area contributed by atoms with Gasteiger partial charge in [0.2, 0.25) is 5.91 Å². The SMILES string of the molecule is CCC(=O)NCCC1=C(c2ccccc2)CC2=C1C1=CCOC1C=C2. The molecule has 1 aliphatic heterocycles. The van der Waals surface area contributed by atoms with Crippen LogP contribution in [-0.2, 0) is 9.53 Å². The van der Waals surface area contributed by atoms with Gasteiger partial charge in [0, 0.05) is 13.0 Å². The molecule has 3 heteroatoms. The summed E-state index contributed by atoms with van der Waals surface area (Å²) in [5.41, 5.74) is 8.06. The first-order chi connectivity index (χ1) is 12.3. The quantitative estimate of drug-likeness (QED) is 0.886. The lowest BCUT2D eigenvalue weighted by molar-refractivity contribution is -0.120. The van der Waals surface area contributed by atoms with Gasteiger partial charge in [0.1, 0.15) is 6.10 Å². The van der Waals surface area contributed by atoms with E-state index in [1.165, 1.54) is 33.4 Å². The zero-order valence-corrected chi connectivity index (χ0v) is 14.5. The highest BCUT2D eigenvalue weighted by atomic mass is 16.5. The first-order valence-electron chi connectivity index (χ1n) is 9.05. The number of benzene rings is 1. The molecule has 2 aliphatic carbocycles. The molecule has 1 aromatic carbocycles. The average molecular weight is 333 g/mol. The fourth-order valence-electron chi connectivity index (χ4n) is 3.93. The molecule has 4 rings (SSSR count). The standard InChI is InChI=1S/C22H23NO2/c1-2-21(24)23-12-10-17-19(15-6-4-3-5-7-15)14-16-8-9-20-18(22(16)17)11-13-25-20/h3-9,11,20H,2,10,12-14H2,1H3,(H,23,24). The van der Waals surface area contributed by atoms with Crippen molar-refractivity contribution in [2.45, 2.75) is 32.3 Å². The van der Waals surface area contributed by atoms with E-state index in [0.29, 0.717) is 19.6 Å². The Morgan fingerprint density at radius 2 is 2.12 bits per heavy atom. The Hall–Kier alpha value is -2.39. The van der Waals surface area contributed by atoms with Gasteiger partial charge in [0.05, 0.1) is 6.61 Å². The lowest BCUT2D eigenvalue weighted by Gasteiger charge is -2.20. The number of amides is 1. The normalized spacial score (nSPS) is 21.3. The summed E-state index contributed by atoms with van der Waals surface area (Å²) in [7, 11) is 0. The Balaban J connectivity index is 1.69. The minimum Gasteiger partial charge on any atom is -0.365 e. The smallest absolute Gasteiger partial charge is 0.219 e. The van der Waals surface area contributed by atoms with Crippen LogP contribution in [0.3, 0.4) is 0 Å². The van der Waals surface area contributed by atoms with Gasteiger partial charge in [-0.3, -0.25) is 4.79 Å². The maximum absolute atomic E-state index is 11.6. The van der Waals surface area contributed by atoms with E-state index < -0.39 is 0 Å². The van der Waals surface area contributed by atoms with Crippen molar-refractivity contribution in [3.8, 4) is 0 Å². The number of fused-ring (bicyclic) bond motifs is 2. The highest BCUT2D eigenvalue weighted by Crippen LogP contribution is 2.47. The van der Waals surface area contributed by atoms with Crippen molar-refractivity contribution in [2.75, 3.05) is 13.2 Å². The van der Waals surface area contributed by atoms with Gasteiger partial charge in [0.15, 0.2) is 0 Å². The number of hydrogen-bond acceptors (Lipinski definition) is 2. The van der Waals surface area contributed by atoms with E-state index in [4.69, 9.17) is 4.74 Å². The topological polar surface area (TPSA) is 38.3 Å². The van der Waals surface area contributed by atoms with Crippen molar-refractivity contribution in [2.24, 2.45) is 0 Å². The molecular weight excluding hydrogens is 310 g/mol. The molecule has 0 radical (unpaired) electrons. The Bertz CT molecular complexity index is 812. The first-order valence-corrected chi connectivity index (χ1v) is 9.05. The lowest BCUT2D eigenvalue weighted by Crippen LogP contribution is -2.24. The number of ether oxygens (including phenoxy) is 1. The largest absolute Gasteiger partial charge is 0.365 e. The van der Waals surface area contributed by atoms with Crippen LogP contribution >= 0.6 is 0 Å². The van der Waals surface area contributed by atoms with Crippen LogP contribution in [0.1, 0.15) is 31.7 Å². The summed E-state index contributed by atoms with van der Waals surface area (Å²) < 4.78 is 5.81. The van der Waals surface area contributed by atoms with Crippen LogP contribution in [-0.4, -0.2) is 25.2 Å². The summed E-state index contributed by atoms with van der Waals surface area (Å²) in [6, 6.07) is 10.6. The second-order valence-corrected chi connectivity index (χ2v) is 6.63. The van der Waals surface area contributed by atoms with E-state index in [9.17, 15) is 4.79 Å². The molecule has 0 fully saturated rings. The van der Waals surface area contributed by atoms with E-state index >= 15 is 0 Å². The van der Waals surface area contributed by atoms with Gasteiger partial charge < -0.3 is 10.1 Å². The van der Waals surface area contributed by atoms with E-state index in [2.05, 4.69) is 53.9 Å². The van der Waals surface area contributed by atoms with E-state index in [1.807, 2.05) is 6.92 Å². The van der Waals surface area contributed by atoms with Crippen molar-refractivity contribution in [3.63, 3.8) is 0 Å². The third kappa shape index (κ3) is 3.00. The van der Waals surface area contributed by atoms with Crippen molar-refractivity contribution in [1.82, 2.24) is 5.32 Å². The van der Waals surface area contributed by atoms with Crippen LogP contribution in [0.25, 0.3) is 5.57 Å². The summed E-state index contributed by atoms with van der Waals surface area (Å²) in [6.45, 7) is 3.25. The highest BCUT2D eigenvalue weighted by molar-refractivity contribution is 5.84. The molecule has 3 nitrogen and oxygen atoms in total. The lowest BCUT2D eigenvalue weighted by atomic mass is 9.88. The van der Waals surface area contributed by atoms with Gasteiger partial charge >= 0.3 is 0 Å². The van der Waals surface area contributed by atoms with Gasteiger partial charge in [-0.25, -0.2) is 0 Å². The molecule has 0 aromatic heterocycles. The number of carbonyl (C=O) groups is 1.